The maximum Gasteiger partial charge on any atom is 0.275 e. The highest BCUT2D eigenvalue weighted by atomic mass is 32.2. The Kier molecular flexibility index (Phi) is 4.60. The van der Waals surface area contributed by atoms with Crippen LogP contribution < -0.4 is 10.5 Å². The van der Waals surface area contributed by atoms with Gasteiger partial charge in [-0.2, -0.15) is 0 Å². The van der Waals surface area contributed by atoms with Gasteiger partial charge in [-0.25, -0.2) is 0 Å². The largest absolute Gasteiger partial charge is 0.497 e. The van der Waals surface area contributed by atoms with E-state index >= 15 is 0 Å². The molecule has 1 fully saturated rings. The van der Waals surface area contributed by atoms with Crippen LogP contribution in [-0.4, -0.2) is 49.4 Å². The molecule has 0 bridgehead atoms. The summed E-state index contributed by atoms with van der Waals surface area (Å²) in [5.74, 6) is 1.66. The summed E-state index contributed by atoms with van der Waals surface area (Å²) in [6.45, 7) is 0.994. The van der Waals surface area contributed by atoms with E-state index in [9.17, 15) is 4.79 Å². The topological polar surface area (TPSA) is 52.3 Å². The Morgan fingerprint density at radius 1 is 1.40 bits per heavy atom. The summed E-state index contributed by atoms with van der Waals surface area (Å²) in [6.07, 6.45) is 0.878. The van der Waals surface area contributed by atoms with Crippen molar-refractivity contribution in [3.63, 3.8) is 0 Å². The summed E-state index contributed by atoms with van der Waals surface area (Å²) < 4.78 is 5.86. The van der Waals surface area contributed by atoms with Gasteiger partial charge in [0.1, 0.15) is 5.75 Å². The minimum atomic E-state index is -0.178. The number of carbonyl (C=O) groups excluding carboxylic acids is 1. The van der Waals surface area contributed by atoms with Crippen LogP contribution >= 0.6 is 11.8 Å². The lowest BCUT2D eigenvalue weighted by Crippen LogP contribution is -2.50. The van der Waals surface area contributed by atoms with Crippen LogP contribution in [0.3, 0.4) is 0 Å². The SMILES string of the molecule is COc1ccc(CS[C@H]2C[C@@H](C(N)=O)[N+](C)(C)C2)cc1. The molecule has 2 atom stereocenters. The van der Waals surface area contributed by atoms with E-state index in [0.717, 1.165) is 24.5 Å². The second-order valence-electron chi connectivity index (χ2n) is 5.90. The molecule has 110 valence electrons. The molecule has 1 saturated heterocycles. The summed E-state index contributed by atoms with van der Waals surface area (Å²) in [5, 5.41) is 0.490. The third-order valence-electron chi connectivity index (χ3n) is 3.98. The van der Waals surface area contributed by atoms with E-state index in [1.54, 1.807) is 7.11 Å². The van der Waals surface area contributed by atoms with Crippen molar-refractivity contribution in [2.45, 2.75) is 23.5 Å². The molecule has 1 heterocycles. The van der Waals surface area contributed by atoms with Crippen molar-refractivity contribution in [3.8, 4) is 5.75 Å². The highest BCUT2D eigenvalue weighted by molar-refractivity contribution is 7.99. The van der Waals surface area contributed by atoms with Crippen molar-refractivity contribution in [1.82, 2.24) is 0 Å². The first-order valence-corrected chi connectivity index (χ1v) is 7.84. The Labute approximate surface area is 124 Å². The fourth-order valence-corrected chi connectivity index (χ4v) is 4.21. The highest BCUT2D eigenvalue weighted by Crippen LogP contribution is 2.32. The summed E-state index contributed by atoms with van der Waals surface area (Å²) in [6, 6.07) is 8.09. The molecule has 5 heteroatoms. The van der Waals surface area contributed by atoms with Gasteiger partial charge in [0.25, 0.3) is 5.91 Å². The molecule has 0 radical (unpaired) electrons. The van der Waals surface area contributed by atoms with Crippen molar-refractivity contribution in [3.05, 3.63) is 29.8 Å². The van der Waals surface area contributed by atoms with Crippen LogP contribution in [0.1, 0.15) is 12.0 Å². The average molecular weight is 295 g/mol. The van der Waals surface area contributed by atoms with Crippen LogP contribution in [0.15, 0.2) is 24.3 Å². The number of methoxy groups -OCH3 is 1. The Morgan fingerprint density at radius 3 is 2.55 bits per heavy atom. The number of rotatable bonds is 5. The molecule has 4 nitrogen and oxygen atoms in total. The van der Waals surface area contributed by atoms with Crippen molar-refractivity contribution in [2.24, 2.45) is 5.73 Å². The van der Waals surface area contributed by atoms with Gasteiger partial charge in [0.15, 0.2) is 6.04 Å². The van der Waals surface area contributed by atoms with Crippen molar-refractivity contribution < 1.29 is 14.0 Å². The first-order chi connectivity index (χ1) is 9.42. The highest BCUT2D eigenvalue weighted by Gasteiger charge is 2.44. The van der Waals surface area contributed by atoms with E-state index in [0.29, 0.717) is 9.73 Å². The average Bonchev–Trinajstić information content (AvgIpc) is 2.72. The van der Waals surface area contributed by atoms with Gasteiger partial charge in [0.05, 0.1) is 33.0 Å². The standard InChI is InChI=1S/C15H22N2O2S/c1-17(2)9-13(8-14(17)15(16)18)20-10-11-4-6-12(19-3)7-5-11/h4-7,13-14H,8-10H2,1-3H3,(H-,16,18)/p+1/t13-,14-/m0/s1. The van der Waals surface area contributed by atoms with E-state index < -0.39 is 0 Å². The smallest absolute Gasteiger partial charge is 0.275 e. The van der Waals surface area contributed by atoms with Gasteiger partial charge in [-0.05, 0) is 17.7 Å². The lowest BCUT2D eigenvalue weighted by molar-refractivity contribution is -0.892. The molecule has 0 unspecified atom stereocenters. The summed E-state index contributed by atoms with van der Waals surface area (Å²) in [5.41, 5.74) is 6.78. The maximum atomic E-state index is 11.5. The maximum absolute atomic E-state index is 11.5. The summed E-state index contributed by atoms with van der Waals surface area (Å²) >= 11 is 1.91. The van der Waals surface area contributed by atoms with Crippen LogP contribution in [-0.2, 0) is 10.5 Å². The van der Waals surface area contributed by atoms with Gasteiger partial charge in [-0.15, -0.1) is 11.8 Å². The Bertz CT molecular complexity index is 473. The van der Waals surface area contributed by atoms with Crippen molar-refractivity contribution in [1.29, 1.82) is 0 Å². The quantitative estimate of drug-likeness (QED) is 0.840. The normalized spacial score (nSPS) is 24.6. The van der Waals surface area contributed by atoms with Crippen molar-refractivity contribution >= 4 is 17.7 Å². The molecule has 1 aliphatic heterocycles. The zero-order valence-electron chi connectivity index (χ0n) is 12.3. The zero-order valence-corrected chi connectivity index (χ0v) is 13.2. The number of hydrogen-bond donors (Lipinski definition) is 1. The van der Waals surface area contributed by atoms with E-state index in [4.69, 9.17) is 10.5 Å². The lowest BCUT2D eigenvalue weighted by Gasteiger charge is -2.29. The monoisotopic (exact) mass is 295 g/mol. The van der Waals surface area contributed by atoms with Crippen molar-refractivity contribution in [2.75, 3.05) is 27.7 Å². The third-order valence-corrected chi connectivity index (χ3v) is 5.29. The number of hydrogen-bond acceptors (Lipinski definition) is 3. The fourth-order valence-electron chi connectivity index (χ4n) is 2.78. The molecule has 2 rings (SSSR count). The van der Waals surface area contributed by atoms with Crippen LogP contribution in [0.5, 0.6) is 5.75 Å². The van der Waals surface area contributed by atoms with E-state index in [1.165, 1.54) is 5.56 Å². The number of primary amides is 1. The molecular formula is C15H23N2O2S+. The van der Waals surface area contributed by atoms with E-state index in [-0.39, 0.29) is 11.9 Å². The van der Waals surface area contributed by atoms with Gasteiger partial charge in [-0.1, -0.05) is 12.1 Å². The van der Waals surface area contributed by atoms with E-state index in [2.05, 4.69) is 26.2 Å². The summed E-state index contributed by atoms with van der Waals surface area (Å²) in [7, 11) is 5.85. The number of amides is 1. The number of thioether (sulfide) groups is 1. The zero-order chi connectivity index (χ0) is 14.8. The number of benzene rings is 1. The Hall–Kier alpha value is -1.20. The minimum absolute atomic E-state index is 0.0524. The second kappa shape index (κ2) is 6.06. The van der Waals surface area contributed by atoms with Crippen LogP contribution in [0.2, 0.25) is 0 Å². The third kappa shape index (κ3) is 3.46. The molecule has 2 N–H and O–H groups in total. The van der Waals surface area contributed by atoms with E-state index in [1.807, 2.05) is 23.9 Å². The number of ether oxygens (including phenoxy) is 1. The van der Waals surface area contributed by atoms with Crippen LogP contribution in [0.4, 0.5) is 0 Å². The predicted octanol–water partition coefficient (Wildman–Crippen LogP) is 1.63. The number of quaternary nitrogens is 1. The predicted molar refractivity (Wildman–Crippen MR) is 82.7 cm³/mol. The molecule has 20 heavy (non-hydrogen) atoms. The number of likely N-dealkylation sites (N-methyl/N-ethyl adjacent to an activating group) is 1. The molecule has 1 aromatic carbocycles. The van der Waals surface area contributed by atoms with Gasteiger partial charge in [-0.3, -0.25) is 4.79 Å². The fraction of sp³-hybridized carbons (Fsp3) is 0.533. The lowest BCUT2D eigenvalue weighted by atomic mass is 10.2. The number of nitrogens with two attached hydrogens (primary N) is 1. The first kappa shape index (κ1) is 15.2. The van der Waals surface area contributed by atoms with Crippen LogP contribution in [0.25, 0.3) is 0 Å². The molecule has 1 aliphatic rings. The molecule has 0 saturated carbocycles. The van der Waals surface area contributed by atoms with Gasteiger partial charge >= 0.3 is 0 Å². The second-order valence-corrected chi connectivity index (χ2v) is 7.18. The number of nitrogens with zero attached hydrogens (tertiary/aromatic N) is 1. The first-order valence-electron chi connectivity index (χ1n) is 6.79. The van der Waals surface area contributed by atoms with Gasteiger partial charge < -0.3 is 15.0 Å². The Balaban J connectivity index is 1.90. The molecule has 1 amide bonds. The van der Waals surface area contributed by atoms with Crippen LogP contribution in [0, 0.1) is 0 Å². The molecule has 0 aliphatic carbocycles. The molecule has 1 aromatic rings. The number of likely N-dealkylation sites (tertiary alicyclic amines) is 1. The summed E-state index contributed by atoms with van der Waals surface area (Å²) in [4.78, 5) is 11.5. The molecule has 0 spiro atoms. The molecule has 0 aromatic heterocycles. The molecular weight excluding hydrogens is 272 g/mol. The van der Waals surface area contributed by atoms with Gasteiger partial charge in [0, 0.05) is 12.2 Å². The number of carbonyl (C=O) groups is 1. The minimum Gasteiger partial charge on any atom is -0.497 e. The van der Waals surface area contributed by atoms with Gasteiger partial charge in [0.2, 0.25) is 0 Å². The Morgan fingerprint density at radius 2 is 2.05 bits per heavy atom.